The number of hydrogen-bond acceptors (Lipinski definition) is 3. The molecule has 0 aliphatic carbocycles. The third-order valence-electron chi connectivity index (χ3n) is 3.43. The molecule has 0 aliphatic rings. The average Bonchev–Trinajstić information content (AvgIpc) is 2.54. The maximum absolute atomic E-state index is 13.7. The van der Waals surface area contributed by atoms with E-state index in [-0.39, 0.29) is 24.3 Å². The van der Waals surface area contributed by atoms with Crippen molar-refractivity contribution in [1.29, 1.82) is 5.26 Å². The van der Waals surface area contributed by atoms with E-state index < -0.39 is 0 Å². The van der Waals surface area contributed by atoms with Gasteiger partial charge in [-0.3, -0.25) is 4.79 Å². The van der Waals surface area contributed by atoms with Crippen LogP contribution in [0, 0.1) is 17.1 Å². The van der Waals surface area contributed by atoms with E-state index in [9.17, 15) is 9.18 Å². The van der Waals surface area contributed by atoms with Gasteiger partial charge in [0.25, 0.3) is 0 Å². The summed E-state index contributed by atoms with van der Waals surface area (Å²) in [6, 6.07) is 13.8. The fourth-order valence-corrected chi connectivity index (χ4v) is 2.28. The minimum atomic E-state index is -0.344. The predicted octanol–water partition coefficient (Wildman–Crippen LogP) is 3.38. The molecule has 0 saturated heterocycles. The second-order valence-electron chi connectivity index (χ2n) is 5.87. The Bertz CT molecular complexity index is 748. The highest BCUT2D eigenvalue weighted by atomic mass is 19.1. The molecule has 24 heavy (non-hydrogen) atoms. The van der Waals surface area contributed by atoms with Crippen LogP contribution in [-0.2, 0) is 17.8 Å². The second-order valence-corrected chi connectivity index (χ2v) is 5.87. The van der Waals surface area contributed by atoms with Gasteiger partial charge in [-0.2, -0.15) is 5.26 Å². The van der Waals surface area contributed by atoms with Crippen LogP contribution in [0.25, 0.3) is 0 Å². The molecular weight excluding hydrogens is 305 g/mol. The van der Waals surface area contributed by atoms with Crippen molar-refractivity contribution < 1.29 is 9.18 Å². The van der Waals surface area contributed by atoms with Gasteiger partial charge in [0.2, 0.25) is 5.91 Å². The smallest absolute Gasteiger partial charge is 0.224 e. The molecule has 0 atom stereocenters. The number of carbonyl (C=O) groups is 1. The van der Waals surface area contributed by atoms with Crippen molar-refractivity contribution in [2.45, 2.75) is 32.9 Å². The summed E-state index contributed by atoms with van der Waals surface area (Å²) in [5.74, 6) is -0.357. The van der Waals surface area contributed by atoms with Crippen molar-refractivity contribution in [2.24, 2.45) is 0 Å². The third-order valence-corrected chi connectivity index (χ3v) is 3.43. The van der Waals surface area contributed by atoms with Gasteiger partial charge >= 0.3 is 0 Å². The van der Waals surface area contributed by atoms with Gasteiger partial charge in [-0.05, 0) is 49.7 Å². The average molecular weight is 325 g/mol. The van der Waals surface area contributed by atoms with E-state index >= 15 is 0 Å². The zero-order chi connectivity index (χ0) is 17.5. The number of nitrogens with one attached hydrogen (secondary N) is 2. The minimum absolute atomic E-state index is 0.0129. The van der Waals surface area contributed by atoms with Gasteiger partial charge in [-0.1, -0.05) is 12.1 Å². The molecule has 2 rings (SSSR count). The van der Waals surface area contributed by atoms with Gasteiger partial charge in [0.15, 0.2) is 0 Å². The Morgan fingerprint density at radius 3 is 2.54 bits per heavy atom. The van der Waals surface area contributed by atoms with Gasteiger partial charge in [-0.25, -0.2) is 4.39 Å². The topological polar surface area (TPSA) is 64.9 Å². The summed E-state index contributed by atoms with van der Waals surface area (Å²) in [7, 11) is 0. The molecule has 2 N–H and O–H groups in total. The second kappa shape index (κ2) is 8.11. The zero-order valence-electron chi connectivity index (χ0n) is 13.8. The van der Waals surface area contributed by atoms with Gasteiger partial charge in [-0.15, -0.1) is 0 Å². The minimum Gasteiger partial charge on any atom is -0.381 e. The molecule has 0 bridgehead atoms. The van der Waals surface area contributed by atoms with E-state index in [1.165, 1.54) is 18.2 Å². The quantitative estimate of drug-likeness (QED) is 0.856. The lowest BCUT2D eigenvalue weighted by molar-refractivity contribution is -0.120. The molecule has 5 heteroatoms. The lowest BCUT2D eigenvalue weighted by atomic mass is 10.1. The first-order valence-electron chi connectivity index (χ1n) is 7.78. The highest BCUT2D eigenvalue weighted by Gasteiger charge is 2.06. The Morgan fingerprint density at radius 2 is 1.92 bits per heavy atom. The molecule has 0 saturated carbocycles. The first-order valence-corrected chi connectivity index (χ1v) is 7.78. The molecule has 0 heterocycles. The summed E-state index contributed by atoms with van der Waals surface area (Å²) < 4.78 is 13.7. The number of rotatable bonds is 6. The highest BCUT2D eigenvalue weighted by Crippen LogP contribution is 2.15. The molecule has 0 radical (unpaired) electrons. The predicted molar refractivity (Wildman–Crippen MR) is 91.9 cm³/mol. The Morgan fingerprint density at radius 1 is 1.21 bits per heavy atom. The molecule has 2 aromatic carbocycles. The Balaban J connectivity index is 1.95. The number of benzene rings is 2. The van der Waals surface area contributed by atoms with Crippen LogP contribution in [-0.4, -0.2) is 11.9 Å². The van der Waals surface area contributed by atoms with Crippen molar-refractivity contribution in [3.8, 4) is 6.07 Å². The van der Waals surface area contributed by atoms with Gasteiger partial charge in [0.05, 0.1) is 18.1 Å². The molecular formula is C19H20FN3O. The molecule has 124 valence electrons. The summed E-state index contributed by atoms with van der Waals surface area (Å²) in [4.78, 5) is 11.7. The standard InChI is InChI=1S/C19H20FN3O/c1-13(2)23-19(24)10-14-3-6-17(7-4-14)22-12-16-9-15(11-21)5-8-18(16)20/h3-9,13,22H,10,12H2,1-2H3,(H,23,24). The van der Waals surface area contributed by atoms with Crippen LogP contribution in [0.15, 0.2) is 42.5 Å². The van der Waals surface area contributed by atoms with Gasteiger partial charge < -0.3 is 10.6 Å². The van der Waals surface area contributed by atoms with E-state index in [2.05, 4.69) is 10.6 Å². The first-order chi connectivity index (χ1) is 11.5. The maximum Gasteiger partial charge on any atom is 0.224 e. The zero-order valence-corrected chi connectivity index (χ0v) is 13.8. The fourth-order valence-electron chi connectivity index (χ4n) is 2.28. The molecule has 4 nitrogen and oxygen atoms in total. The van der Waals surface area contributed by atoms with Crippen LogP contribution in [0.4, 0.5) is 10.1 Å². The van der Waals surface area contributed by atoms with E-state index in [1.807, 2.05) is 44.2 Å². The molecule has 1 amide bonds. The first kappa shape index (κ1) is 17.5. The van der Waals surface area contributed by atoms with Crippen LogP contribution >= 0.6 is 0 Å². The lowest BCUT2D eigenvalue weighted by Gasteiger charge is -2.10. The molecule has 0 aromatic heterocycles. The Labute approximate surface area is 141 Å². The summed E-state index contributed by atoms with van der Waals surface area (Å²) in [5, 5.41) is 14.8. The molecule has 0 aliphatic heterocycles. The largest absolute Gasteiger partial charge is 0.381 e. The summed E-state index contributed by atoms with van der Waals surface area (Å²) >= 11 is 0. The number of nitrogens with zero attached hydrogens (tertiary/aromatic N) is 1. The van der Waals surface area contributed by atoms with Crippen LogP contribution in [0.1, 0.15) is 30.5 Å². The summed E-state index contributed by atoms with van der Waals surface area (Å²) in [6.07, 6.45) is 0.331. The van der Waals surface area contributed by atoms with Gasteiger partial charge in [0, 0.05) is 23.8 Å². The van der Waals surface area contributed by atoms with E-state index in [0.717, 1.165) is 11.3 Å². The van der Waals surface area contributed by atoms with Crippen molar-refractivity contribution >= 4 is 11.6 Å². The normalized spacial score (nSPS) is 10.3. The van der Waals surface area contributed by atoms with Crippen LogP contribution in [0.5, 0.6) is 0 Å². The number of anilines is 1. The Hall–Kier alpha value is -2.87. The van der Waals surface area contributed by atoms with E-state index in [1.54, 1.807) is 0 Å². The van der Waals surface area contributed by atoms with Gasteiger partial charge in [0.1, 0.15) is 5.82 Å². The highest BCUT2D eigenvalue weighted by molar-refractivity contribution is 5.78. The maximum atomic E-state index is 13.7. The molecule has 0 fully saturated rings. The summed E-state index contributed by atoms with van der Waals surface area (Å²) in [5.41, 5.74) is 2.61. The molecule has 0 unspecified atom stereocenters. The van der Waals surface area contributed by atoms with Crippen LogP contribution < -0.4 is 10.6 Å². The molecule has 0 spiro atoms. The number of nitriles is 1. The Kier molecular flexibility index (Phi) is 5.91. The number of hydrogen-bond donors (Lipinski definition) is 2. The van der Waals surface area contributed by atoms with Crippen LogP contribution in [0.2, 0.25) is 0 Å². The van der Waals surface area contributed by atoms with Crippen LogP contribution in [0.3, 0.4) is 0 Å². The van der Waals surface area contributed by atoms with Crippen molar-refractivity contribution in [1.82, 2.24) is 5.32 Å². The van der Waals surface area contributed by atoms with E-state index in [0.29, 0.717) is 17.5 Å². The van der Waals surface area contributed by atoms with Crippen molar-refractivity contribution in [3.63, 3.8) is 0 Å². The van der Waals surface area contributed by atoms with Crippen molar-refractivity contribution in [3.05, 3.63) is 65.0 Å². The third kappa shape index (κ3) is 5.10. The SMILES string of the molecule is CC(C)NC(=O)Cc1ccc(NCc2cc(C#N)ccc2F)cc1. The summed E-state index contributed by atoms with van der Waals surface area (Å²) in [6.45, 7) is 4.13. The molecule has 2 aromatic rings. The number of halogens is 1. The monoisotopic (exact) mass is 325 g/mol. The fraction of sp³-hybridized carbons (Fsp3) is 0.263. The van der Waals surface area contributed by atoms with E-state index in [4.69, 9.17) is 5.26 Å². The lowest BCUT2D eigenvalue weighted by Crippen LogP contribution is -2.31. The number of carbonyl (C=O) groups excluding carboxylic acids is 1. The van der Waals surface area contributed by atoms with Crippen molar-refractivity contribution in [2.75, 3.05) is 5.32 Å². The number of amides is 1.